The highest BCUT2D eigenvalue weighted by atomic mass is 35.5. The lowest BCUT2D eigenvalue weighted by Crippen LogP contribution is -2.12. The van der Waals surface area contributed by atoms with Gasteiger partial charge in [0.1, 0.15) is 12.1 Å². The van der Waals surface area contributed by atoms with E-state index in [1.807, 2.05) is 0 Å². The van der Waals surface area contributed by atoms with Crippen LogP contribution in [0.2, 0.25) is 0 Å². The molecule has 0 bridgehead atoms. The number of amides is 1. The van der Waals surface area contributed by atoms with Crippen LogP contribution in [0.25, 0.3) is 0 Å². The third-order valence-corrected chi connectivity index (χ3v) is 3.62. The average Bonchev–Trinajstić information content (AvgIpc) is 2.68. The number of carboxylic acid groups (broad SMARTS) is 1. The van der Waals surface area contributed by atoms with Crippen LogP contribution in [0.3, 0.4) is 0 Å². The van der Waals surface area contributed by atoms with E-state index in [-0.39, 0.29) is 30.4 Å². The zero-order chi connectivity index (χ0) is 19.2. The molecule has 3 aromatic rings. The van der Waals surface area contributed by atoms with E-state index < -0.39 is 5.97 Å². The highest BCUT2D eigenvalue weighted by molar-refractivity contribution is 6.04. The number of aromatic nitrogens is 2. The van der Waals surface area contributed by atoms with Crippen molar-refractivity contribution in [2.24, 2.45) is 5.73 Å². The maximum atomic E-state index is 12.4. The lowest BCUT2D eigenvalue weighted by molar-refractivity contribution is 0.0696. The lowest BCUT2D eigenvalue weighted by atomic mass is 10.1. The van der Waals surface area contributed by atoms with E-state index in [4.69, 9.17) is 15.6 Å². The molecule has 3 rings (SSSR count). The fourth-order valence-corrected chi connectivity index (χ4v) is 2.27. The summed E-state index contributed by atoms with van der Waals surface area (Å²) in [6.45, 7) is 0.266. The molecule has 0 unspecified atom stereocenters. The van der Waals surface area contributed by atoms with Crippen LogP contribution < -0.4 is 15.8 Å². The van der Waals surface area contributed by atoms with E-state index in [2.05, 4.69) is 15.3 Å². The number of hydrogen-bond acceptors (Lipinski definition) is 6. The largest absolute Gasteiger partial charge is 0.478 e. The van der Waals surface area contributed by atoms with Crippen molar-refractivity contribution in [3.05, 3.63) is 77.7 Å². The molecule has 1 heterocycles. The number of ether oxygens (including phenoxy) is 1. The molecule has 8 nitrogen and oxygen atoms in total. The summed E-state index contributed by atoms with van der Waals surface area (Å²) in [5.41, 5.74) is 7.19. The minimum Gasteiger partial charge on any atom is -0.478 e. The Morgan fingerprint density at radius 3 is 2.46 bits per heavy atom. The van der Waals surface area contributed by atoms with Crippen molar-refractivity contribution >= 4 is 30.0 Å². The van der Waals surface area contributed by atoms with Gasteiger partial charge in [0, 0.05) is 23.9 Å². The zero-order valence-corrected chi connectivity index (χ0v) is 15.3. The van der Waals surface area contributed by atoms with Crippen molar-refractivity contribution in [1.29, 1.82) is 0 Å². The molecule has 2 aromatic carbocycles. The highest BCUT2D eigenvalue weighted by Crippen LogP contribution is 2.21. The van der Waals surface area contributed by atoms with Gasteiger partial charge in [0.15, 0.2) is 0 Å². The average molecular weight is 401 g/mol. The lowest BCUT2D eigenvalue weighted by Gasteiger charge is -2.08. The van der Waals surface area contributed by atoms with Gasteiger partial charge in [-0.15, -0.1) is 12.4 Å². The number of benzene rings is 2. The van der Waals surface area contributed by atoms with Crippen molar-refractivity contribution in [3.63, 3.8) is 0 Å². The van der Waals surface area contributed by atoms with E-state index in [9.17, 15) is 9.59 Å². The van der Waals surface area contributed by atoms with Crippen LogP contribution in [0.15, 0.2) is 60.9 Å². The second-order valence-electron chi connectivity index (χ2n) is 5.52. The number of carbonyl (C=O) groups is 2. The molecule has 0 radical (unpaired) electrons. The molecule has 28 heavy (non-hydrogen) atoms. The fraction of sp³-hybridized carbons (Fsp3) is 0.0526. The van der Waals surface area contributed by atoms with Gasteiger partial charge in [0.05, 0.1) is 11.3 Å². The molecule has 0 aliphatic carbocycles. The van der Waals surface area contributed by atoms with Gasteiger partial charge in [-0.25, -0.2) is 14.8 Å². The Morgan fingerprint density at radius 1 is 1.04 bits per heavy atom. The Bertz CT molecular complexity index is 980. The van der Waals surface area contributed by atoms with Gasteiger partial charge in [-0.2, -0.15) is 0 Å². The maximum Gasteiger partial charge on any atom is 0.335 e. The van der Waals surface area contributed by atoms with Crippen LogP contribution in [0.5, 0.6) is 11.6 Å². The van der Waals surface area contributed by atoms with Crippen molar-refractivity contribution in [1.82, 2.24) is 9.97 Å². The molecule has 0 aliphatic heterocycles. The van der Waals surface area contributed by atoms with E-state index in [0.717, 1.165) is 0 Å². The molecular formula is C19H17ClN4O4. The molecule has 0 spiro atoms. The van der Waals surface area contributed by atoms with Crippen molar-refractivity contribution in [3.8, 4) is 11.6 Å². The van der Waals surface area contributed by atoms with Crippen molar-refractivity contribution in [2.45, 2.75) is 6.54 Å². The van der Waals surface area contributed by atoms with Gasteiger partial charge in [0.25, 0.3) is 5.91 Å². The van der Waals surface area contributed by atoms with Crippen LogP contribution in [-0.4, -0.2) is 27.0 Å². The molecule has 0 saturated heterocycles. The molecule has 9 heteroatoms. The molecule has 0 fully saturated rings. The van der Waals surface area contributed by atoms with E-state index >= 15 is 0 Å². The number of aromatic carboxylic acids is 1. The van der Waals surface area contributed by atoms with Crippen LogP contribution >= 0.6 is 12.4 Å². The van der Waals surface area contributed by atoms with Gasteiger partial charge < -0.3 is 20.9 Å². The smallest absolute Gasteiger partial charge is 0.335 e. The number of carbonyl (C=O) groups excluding carboxylic acids is 1. The first-order valence-corrected chi connectivity index (χ1v) is 7.99. The molecule has 0 aliphatic rings. The van der Waals surface area contributed by atoms with Gasteiger partial charge in [0.2, 0.25) is 5.88 Å². The number of hydrogen-bond donors (Lipinski definition) is 3. The predicted octanol–water partition coefficient (Wildman–Crippen LogP) is 3.10. The summed E-state index contributed by atoms with van der Waals surface area (Å²) >= 11 is 0. The first kappa shape index (κ1) is 20.8. The minimum atomic E-state index is -1.03. The van der Waals surface area contributed by atoms with Crippen molar-refractivity contribution in [2.75, 3.05) is 5.32 Å². The monoisotopic (exact) mass is 400 g/mol. The third-order valence-electron chi connectivity index (χ3n) is 3.62. The second-order valence-corrected chi connectivity index (χ2v) is 5.52. The first-order chi connectivity index (χ1) is 13.0. The van der Waals surface area contributed by atoms with Crippen LogP contribution in [0.1, 0.15) is 26.4 Å². The van der Waals surface area contributed by atoms with Gasteiger partial charge in [-0.3, -0.25) is 4.79 Å². The van der Waals surface area contributed by atoms with Crippen LogP contribution in [0, 0.1) is 0 Å². The van der Waals surface area contributed by atoms with Gasteiger partial charge >= 0.3 is 5.97 Å². The quantitative estimate of drug-likeness (QED) is 0.580. The Labute approximate surface area is 166 Å². The van der Waals surface area contributed by atoms with Crippen molar-refractivity contribution < 1.29 is 19.4 Å². The summed E-state index contributed by atoms with van der Waals surface area (Å²) in [6.07, 6.45) is 1.36. The third kappa shape index (κ3) is 5.26. The number of anilines is 1. The summed E-state index contributed by atoms with van der Waals surface area (Å²) in [5.74, 6) is -0.619. The van der Waals surface area contributed by atoms with Crippen LogP contribution in [0.4, 0.5) is 5.69 Å². The number of nitrogens with zero attached hydrogens (tertiary/aromatic N) is 2. The number of rotatable bonds is 6. The van der Waals surface area contributed by atoms with Gasteiger partial charge in [-0.05, 0) is 42.5 Å². The highest BCUT2D eigenvalue weighted by Gasteiger charge is 2.09. The van der Waals surface area contributed by atoms with Crippen LogP contribution in [-0.2, 0) is 6.54 Å². The number of nitrogens with one attached hydrogen (secondary N) is 1. The predicted molar refractivity (Wildman–Crippen MR) is 105 cm³/mol. The Kier molecular flexibility index (Phi) is 7.02. The Balaban J connectivity index is 0.00000280. The summed E-state index contributed by atoms with van der Waals surface area (Å²) in [6, 6.07) is 14.1. The van der Waals surface area contributed by atoms with E-state index in [1.54, 1.807) is 30.3 Å². The SMILES string of the molecule is Cl.NCc1cc(Oc2cccc(C(=O)Nc3ccc(C(=O)O)cc3)c2)ncn1. The standard InChI is InChI=1S/C19H16N4O4.ClH/c20-10-15-9-17(22-11-21-15)27-16-3-1-2-13(8-16)18(24)23-14-6-4-12(5-7-14)19(25)26;/h1-9,11H,10,20H2,(H,23,24)(H,25,26);1H. The zero-order valence-electron chi connectivity index (χ0n) is 14.5. The fourth-order valence-electron chi connectivity index (χ4n) is 2.27. The first-order valence-electron chi connectivity index (χ1n) is 7.99. The molecule has 4 N–H and O–H groups in total. The maximum absolute atomic E-state index is 12.4. The second kappa shape index (κ2) is 9.45. The molecule has 0 saturated carbocycles. The molecule has 1 amide bonds. The minimum absolute atomic E-state index is 0. The summed E-state index contributed by atoms with van der Waals surface area (Å²) in [7, 11) is 0. The Hall–Kier alpha value is -3.49. The van der Waals surface area contributed by atoms with Gasteiger partial charge in [-0.1, -0.05) is 6.07 Å². The topological polar surface area (TPSA) is 127 Å². The summed E-state index contributed by atoms with van der Waals surface area (Å²) < 4.78 is 5.65. The molecular weight excluding hydrogens is 384 g/mol. The Morgan fingerprint density at radius 2 is 1.79 bits per heavy atom. The summed E-state index contributed by atoms with van der Waals surface area (Å²) in [5, 5.41) is 11.6. The normalized spacial score (nSPS) is 9.89. The van der Waals surface area contributed by atoms with E-state index in [0.29, 0.717) is 28.6 Å². The molecule has 1 aromatic heterocycles. The number of carboxylic acids is 1. The number of halogens is 1. The molecule has 0 atom stereocenters. The molecule has 144 valence electrons. The number of nitrogens with two attached hydrogens (primary N) is 1. The summed E-state index contributed by atoms with van der Waals surface area (Å²) in [4.78, 5) is 31.3. The van der Waals surface area contributed by atoms with E-state index in [1.165, 1.54) is 30.6 Å².